The van der Waals surface area contributed by atoms with E-state index >= 15 is 0 Å². The van der Waals surface area contributed by atoms with Crippen molar-refractivity contribution in [2.75, 3.05) is 27.2 Å². The second-order valence-corrected chi connectivity index (χ2v) is 13.0. The fourth-order valence-corrected chi connectivity index (χ4v) is 7.55. The molecular weight excluding hydrogens is 520 g/mol. The van der Waals surface area contributed by atoms with Crippen molar-refractivity contribution in [3.8, 4) is 0 Å². The molecule has 2 aromatic carbocycles. The smallest absolute Gasteiger partial charge is 0.235 e. The van der Waals surface area contributed by atoms with E-state index in [2.05, 4.69) is 22.8 Å². The predicted molar refractivity (Wildman–Crippen MR) is 152 cm³/mol. The second-order valence-electron chi connectivity index (χ2n) is 9.92. The summed E-state index contributed by atoms with van der Waals surface area (Å²) in [5.41, 5.74) is 3.53. The summed E-state index contributed by atoms with van der Waals surface area (Å²) < 4.78 is 27.1. The van der Waals surface area contributed by atoms with Crippen molar-refractivity contribution in [3.63, 3.8) is 0 Å². The van der Waals surface area contributed by atoms with Crippen molar-refractivity contribution >= 4 is 54.2 Å². The lowest BCUT2D eigenvalue weighted by molar-refractivity contribution is 0.126. The number of aliphatic hydroxyl groups excluding tert-OH is 1. The maximum atomic E-state index is 12.4. The number of thiazole rings is 1. The number of benzene rings is 2. The summed E-state index contributed by atoms with van der Waals surface area (Å²) in [5, 5.41) is 17.4. The van der Waals surface area contributed by atoms with Crippen LogP contribution in [0.1, 0.15) is 43.4 Å². The Hall–Kier alpha value is -3.28. The van der Waals surface area contributed by atoms with Gasteiger partial charge in [0, 0.05) is 25.1 Å². The monoisotopic (exact) mass is 550 g/mol. The molecular formula is C27H30N6O3S2. The Labute approximate surface area is 226 Å². The number of nitrogens with zero attached hydrogens (tertiary/aromatic N) is 4. The van der Waals surface area contributed by atoms with Gasteiger partial charge in [0.15, 0.2) is 5.13 Å². The number of nitrogens with one attached hydrogen (secondary N) is 2. The maximum Gasteiger partial charge on any atom is 0.235 e. The molecule has 1 aliphatic carbocycles. The first-order valence-electron chi connectivity index (χ1n) is 13.0. The maximum absolute atomic E-state index is 12.4. The molecule has 0 atom stereocenters. The van der Waals surface area contributed by atoms with Crippen LogP contribution in [0.3, 0.4) is 0 Å². The summed E-state index contributed by atoms with van der Waals surface area (Å²) in [6.07, 6.45) is 4.40. The van der Waals surface area contributed by atoms with Crippen molar-refractivity contribution < 1.29 is 13.5 Å². The Morgan fingerprint density at radius 1 is 1.00 bits per heavy atom. The first kappa shape index (κ1) is 25.0. The van der Waals surface area contributed by atoms with Crippen LogP contribution in [-0.2, 0) is 16.4 Å². The van der Waals surface area contributed by atoms with Crippen LogP contribution < -0.4 is 14.9 Å². The number of sulfonamides is 1. The average molecular weight is 551 g/mol. The first-order chi connectivity index (χ1) is 18.4. The van der Waals surface area contributed by atoms with Gasteiger partial charge < -0.3 is 15.7 Å². The van der Waals surface area contributed by atoms with Crippen molar-refractivity contribution in [1.29, 1.82) is 0 Å². The summed E-state index contributed by atoms with van der Waals surface area (Å²) in [4.78, 5) is 14.2. The Balaban J connectivity index is 1.27. The number of fused-ring (bicyclic) bond motifs is 1. The molecule has 0 bridgehead atoms. The highest BCUT2D eigenvalue weighted by Gasteiger charge is 2.28. The zero-order valence-electron chi connectivity index (χ0n) is 20.9. The van der Waals surface area contributed by atoms with E-state index in [0.29, 0.717) is 42.0 Å². The van der Waals surface area contributed by atoms with Crippen molar-refractivity contribution in [3.05, 3.63) is 65.9 Å². The van der Waals surface area contributed by atoms with E-state index in [1.807, 2.05) is 42.5 Å². The van der Waals surface area contributed by atoms with Crippen LogP contribution in [0, 0.1) is 0 Å². The van der Waals surface area contributed by atoms with Gasteiger partial charge in [0.1, 0.15) is 5.82 Å². The third-order valence-corrected chi connectivity index (χ3v) is 9.83. The molecule has 11 heteroatoms. The van der Waals surface area contributed by atoms with E-state index in [9.17, 15) is 13.5 Å². The molecule has 2 fully saturated rings. The van der Waals surface area contributed by atoms with Gasteiger partial charge >= 0.3 is 0 Å². The molecule has 0 radical (unpaired) electrons. The van der Waals surface area contributed by atoms with Gasteiger partial charge in [0.25, 0.3) is 0 Å². The predicted octanol–water partition coefficient (Wildman–Crippen LogP) is 4.68. The fraction of sp³-hybridized carbons (Fsp3) is 0.370. The topological polar surface area (TPSA) is 120 Å². The van der Waals surface area contributed by atoms with Gasteiger partial charge in [-0.15, -0.1) is 0 Å². The molecule has 6 rings (SSSR count). The standard InChI is InChI=1S/C27H30N6O3S2/c34-22-10-7-19(8-11-22)28-26-29-20(15-18-5-2-1-3-6-18)16-25(31-26)32-27-30-23-12-9-21(17-24(23)37-27)33-13-4-14-38(33,35)36/h1-3,5-6,9,12,16-17,19,22,34H,4,7-8,10-11,13-15H2,(H2,28,29,30,31,32)/t19-,22-. The van der Waals surface area contributed by atoms with Crippen molar-refractivity contribution in [2.24, 2.45) is 0 Å². The zero-order valence-corrected chi connectivity index (χ0v) is 22.5. The highest BCUT2D eigenvalue weighted by Crippen LogP contribution is 2.33. The van der Waals surface area contributed by atoms with E-state index in [1.165, 1.54) is 15.6 Å². The summed E-state index contributed by atoms with van der Waals surface area (Å²) in [6, 6.07) is 17.9. The van der Waals surface area contributed by atoms with E-state index in [4.69, 9.17) is 15.0 Å². The third kappa shape index (κ3) is 5.59. The minimum absolute atomic E-state index is 0.192. The Kier molecular flexibility index (Phi) is 6.89. The first-order valence-corrected chi connectivity index (χ1v) is 15.4. The van der Waals surface area contributed by atoms with Gasteiger partial charge in [-0.05, 0) is 55.9 Å². The van der Waals surface area contributed by atoms with Crippen LogP contribution in [0.4, 0.5) is 22.6 Å². The van der Waals surface area contributed by atoms with Crippen LogP contribution >= 0.6 is 11.3 Å². The highest BCUT2D eigenvalue weighted by molar-refractivity contribution is 7.93. The molecule has 9 nitrogen and oxygen atoms in total. The molecule has 1 saturated heterocycles. The van der Waals surface area contributed by atoms with Crippen molar-refractivity contribution in [2.45, 2.75) is 50.7 Å². The number of hydrogen-bond donors (Lipinski definition) is 3. The molecule has 0 spiro atoms. The molecule has 1 aliphatic heterocycles. The van der Waals surface area contributed by atoms with E-state index < -0.39 is 10.0 Å². The minimum Gasteiger partial charge on any atom is -0.393 e. The molecule has 0 unspecified atom stereocenters. The van der Waals surface area contributed by atoms with Gasteiger partial charge in [-0.3, -0.25) is 4.31 Å². The fourth-order valence-electron chi connectivity index (χ4n) is 5.09. The van der Waals surface area contributed by atoms with E-state index in [1.54, 1.807) is 0 Å². The number of aliphatic hydroxyl groups is 1. The Bertz CT molecular complexity index is 1540. The largest absolute Gasteiger partial charge is 0.393 e. The molecule has 2 aromatic heterocycles. The SMILES string of the molecule is O=S1(=O)CCCN1c1ccc2nc(Nc3cc(Cc4ccccc4)nc(N[C@H]4CC[C@H](O)CC4)n3)sc2c1. The molecule has 38 heavy (non-hydrogen) atoms. The molecule has 3 N–H and O–H groups in total. The average Bonchev–Trinajstić information content (AvgIpc) is 3.46. The van der Waals surface area contributed by atoms with Crippen LogP contribution in [-0.4, -0.2) is 52.9 Å². The van der Waals surface area contributed by atoms with Crippen LogP contribution in [0.5, 0.6) is 0 Å². The highest BCUT2D eigenvalue weighted by atomic mass is 32.2. The van der Waals surface area contributed by atoms with Crippen molar-refractivity contribution in [1.82, 2.24) is 15.0 Å². The van der Waals surface area contributed by atoms with Gasteiger partial charge in [0.05, 0.1) is 33.5 Å². The summed E-state index contributed by atoms with van der Waals surface area (Å²) >= 11 is 1.46. The number of anilines is 4. The lowest BCUT2D eigenvalue weighted by Gasteiger charge is -2.26. The summed E-state index contributed by atoms with van der Waals surface area (Å²) in [6.45, 7) is 0.513. The van der Waals surface area contributed by atoms with Gasteiger partial charge in [-0.25, -0.2) is 18.4 Å². The van der Waals surface area contributed by atoms with Gasteiger partial charge in [-0.1, -0.05) is 41.7 Å². The molecule has 0 amide bonds. The van der Waals surface area contributed by atoms with Gasteiger partial charge in [-0.2, -0.15) is 4.98 Å². The lowest BCUT2D eigenvalue weighted by Crippen LogP contribution is -2.29. The molecule has 3 heterocycles. The van der Waals surface area contributed by atoms with E-state index in [0.717, 1.165) is 47.2 Å². The summed E-state index contributed by atoms with van der Waals surface area (Å²) in [5.74, 6) is 1.40. The Morgan fingerprint density at radius 3 is 2.58 bits per heavy atom. The molecule has 1 saturated carbocycles. The van der Waals surface area contributed by atoms with Crippen LogP contribution in [0.15, 0.2) is 54.6 Å². The number of aromatic nitrogens is 3. The van der Waals surface area contributed by atoms with Crippen LogP contribution in [0.2, 0.25) is 0 Å². The third-order valence-electron chi connectivity index (χ3n) is 7.03. The Morgan fingerprint density at radius 2 is 1.82 bits per heavy atom. The molecule has 198 valence electrons. The second kappa shape index (κ2) is 10.5. The molecule has 4 aromatic rings. The summed E-state index contributed by atoms with van der Waals surface area (Å²) in [7, 11) is -3.24. The lowest BCUT2D eigenvalue weighted by atomic mass is 9.93. The number of hydrogen-bond acceptors (Lipinski definition) is 9. The quantitative estimate of drug-likeness (QED) is 0.304. The normalized spacial score (nSPS) is 21.0. The van der Waals surface area contributed by atoms with Crippen LogP contribution in [0.25, 0.3) is 10.2 Å². The van der Waals surface area contributed by atoms with Gasteiger partial charge in [0.2, 0.25) is 16.0 Å². The van der Waals surface area contributed by atoms with E-state index in [-0.39, 0.29) is 17.9 Å². The number of rotatable bonds is 7. The minimum atomic E-state index is -3.24. The zero-order chi connectivity index (χ0) is 26.1. The molecule has 2 aliphatic rings.